The second kappa shape index (κ2) is 8.32. The summed E-state index contributed by atoms with van der Waals surface area (Å²) in [5.74, 6) is 0. The van der Waals surface area contributed by atoms with Gasteiger partial charge in [-0.25, -0.2) is 0 Å². The number of allylic oxidation sites excluding steroid dienone is 2. The Hall–Kier alpha value is 0.220. The molecule has 0 heterocycles. The van der Waals surface area contributed by atoms with Gasteiger partial charge in [0.05, 0.1) is 0 Å². The molecule has 0 nitrogen and oxygen atoms in total. The molecule has 1 atom stereocenters. The summed E-state index contributed by atoms with van der Waals surface area (Å²) in [4.78, 5) is 0.699. The van der Waals surface area contributed by atoms with E-state index in [4.69, 9.17) is 0 Å². The van der Waals surface area contributed by atoms with Gasteiger partial charge >= 0.3 is 0 Å². The Morgan fingerprint density at radius 1 is 1.36 bits per heavy atom. The summed E-state index contributed by atoms with van der Waals surface area (Å²) in [5, 5.41) is 0. The lowest BCUT2D eigenvalue weighted by Crippen LogP contribution is -1.94. The van der Waals surface area contributed by atoms with Crippen LogP contribution in [-0.2, 0) is 0 Å². The van der Waals surface area contributed by atoms with Crippen LogP contribution in [0.15, 0.2) is 12.2 Å². The third kappa shape index (κ3) is 8.12. The minimum Gasteiger partial charge on any atom is -0.0916 e. The van der Waals surface area contributed by atoms with Gasteiger partial charge in [-0.2, -0.15) is 0 Å². The lowest BCUT2D eigenvalue weighted by atomic mass is 10.1. The first kappa shape index (κ1) is 11.2. The average molecular weight is 219 g/mol. The first-order chi connectivity index (χ1) is 5.31. The molecule has 0 saturated carbocycles. The molecular weight excluding hydrogens is 200 g/mol. The van der Waals surface area contributed by atoms with E-state index >= 15 is 0 Å². The van der Waals surface area contributed by atoms with E-state index in [1.807, 2.05) is 0 Å². The molecule has 0 bridgehead atoms. The Labute approximate surface area is 79.2 Å². The van der Waals surface area contributed by atoms with Crippen molar-refractivity contribution in [2.24, 2.45) is 0 Å². The second-order valence-electron chi connectivity index (χ2n) is 2.90. The lowest BCUT2D eigenvalue weighted by Gasteiger charge is -2.04. The Balaban J connectivity index is 3.15. The van der Waals surface area contributed by atoms with Gasteiger partial charge in [0, 0.05) is 4.83 Å². The lowest BCUT2D eigenvalue weighted by molar-refractivity contribution is 0.652. The van der Waals surface area contributed by atoms with Crippen LogP contribution in [0, 0.1) is 0 Å². The fourth-order valence-corrected chi connectivity index (χ4v) is 1.56. The molecule has 0 radical (unpaired) electrons. The van der Waals surface area contributed by atoms with Crippen LogP contribution in [0.4, 0.5) is 0 Å². The molecule has 0 aliphatic rings. The van der Waals surface area contributed by atoms with Gasteiger partial charge in [0.15, 0.2) is 0 Å². The molecule has 66 valence electrons. The van der Waals surface area contributed by atoms with Crippen molar-refractivity contribution in [3.63, 3.8) is 0 Å². The van der Waals surface area contributed by atoms with Gasteiger partial charge in [-0.05, 0) is 19.8 Å². The van der Waals surface area contributed by atoms with Crippen molar-refractivity contribution in [3.05, 3.63) is 12.2 Å². The summed E-state index contributed by atoms with van der Waals surface area (Å²) < 4.78 is 0. The highest BCUT2D eigenvalue weighted by Gasteiger charge is 1.99. The van der Waals surface area contributed by atoms with Gasteiger partial charge in [-0.15, -0.1) is 0 Å². The van der Waals surface area contributed by atoms with E-state index in [0.29, 0.717) is 4.83 Å². The summed E-state index contributed by atoms with van der Waals surface area (Å²) in [7, 11) is 0. The fourth-order valence-electron chi connectivity index (χ4n) is 1.02. The van der Waals surface area contributed by atoms with Gasteiger partial charge in [0.1, 0.15) is 0 Å². The van der Waals surface area contributed by atoms with Crippen molar-refractivity contribution in [1.29, 1.82) is 0 Å². The summed E-state index contributed by atoms with van der Waals surface area (Å²) in [5.41, 5.74) is 0. The molecular formula is C10H19Br. The molecule has 0 saturated heterocycles. The van der Waals surface area contributed by atoms with Gasteiger partial charge in [-0.1, -0.05) is 54.3 Å². The minimum absolute atomic E-state index is 0.699. The summed E-state index contributed by atoms with van der Waals surface area (Å²) >= 11 is 3.66. The van der Waals surface area contributed by atoms with Crippen LogP contribution in [-0.4, -0.2) is 4.83 Å². The van der Waals surface area contributed by atoms with E-state index in [1.54, 1.807) is 0 Å². The predicted octanol–water partition coefficient (Wildman–Crippen LogP) is 4.30. The highest BCUT2D eigenvalue weighted by molar-refractivity contribution is 9.09. The maximum Gasteiger partial charge on any atom is 0.0180 e. The second-order valence-corrected chi connectivity index (χ2v) is 4.19. The standard InChI is InChI=1S/C10H19Br/c1-3-5-7-9-10(11)8-6-4-2/h4,6,10H,3,5,7-9H2,1-2H3. The Kier molecular flexibility index (Phi) is 8.48. The van der Waals surface area contributed by atoms with Crippen LogP contribution < -0.4 is 0 Å². The van der Waals surface area contributed by atoms with Gasteiger partial charge < -0.3 is 0 Å². The van der Waals surface area contributed by atoms with Gasteiger partial charge in [0.2, 0.25) is 0 Å². The van der Waals surface area contributed by atoms with Crippen LogP contribution >= 0.6 is 15.9 Å². The van der Waals surface area contributed by atoms with Crippen LogP contribution in [0.3, 0.4) is 0 Å². The van der Waals surface area contributed by atoms with Crippen molar-refractivity contribution in [2.75, 3.05) is 0 Å². The molecule has 0 amide bonds. The number of halogens is 1. The molecule has 0 spiro atoms. The number of hydrogen-bond donors (Lipinski definition) is 0. The zero-order valence-electron chi connectivity index (χ0n) is 7.65. The normalized spacial score (nSPS) is 14.1. The van der Waals surface area contributed by atoms with Crippen molar-refractivity contribution in [2.45, 2.75) is 50.8 Å². The molecule has 0 aromatic carbocycles. The molecule has 0 aliphatic carbocycles. The number of alkyl halides is 1. The van der Waals surface area contributed by atoms with Crippen molar-refractivity contribution < 1.29 is 0 Å². The molecule has 0 aromatic rings. The van der Waals surface area contributed by atoms with Crippen molar-refractivity contribution in [3.8, 4) is 0 Å². The smallest absolute Gasteiger partial charge is 0.0180 e. The maximum atomic E-state index is 3.66. The van der Waals surface area contributed by atoms with Crippen LogP contribution in [0.25, 0.3) is 0 Å². The maximum absolute atomic E-state index is 3.66. The number of rotatable bonds is 6. The predicted molar refractivity (Wildman–Crippen MR) is 56.3 cm³/mol. The fraction of sp³-hybridized carbons (Fsp3) is 0.800. The van der Waals surface area contributed by atoms with E-state index < -0.39 is 0 Å². The molecule has 11 heavy (non-hydrogen) atoms. The zero-order valence-corrected chi connectivity index (χ0v) is 9.23. The number of unbranched alkanes of at least 4 members (excludes halogenated alkanes) is 2. The third-order valence-corrected chi connectivity index (χ3v) is 2.58. The molecule has 0 rings (SSSR count). The highest BCUT2D eigenvalue weighted by atomic mass is 79.9. The topological polar surface area (TPSA) is 0 Å². The van der Waals surface area contributed by atoms with E-state index in [2.05, 4.69) is 41.9 Å². The van der Waals surface area contributed by atoms with E-state index in [1.165, 1.54) is 32.1 Å². The molecule has 1 unspecified atom stereocenters. The van der Waals surface area contributed by atoms with Crippen molar-refractivity contribution in [1.82, 2.24) is 0 Å². The van der Waals surface area contributed by atoms with E-state index in [0.717, 1.165) is 0 Å². The average Bonchev–Trinajstić information content (AvgIpc) is 2.01. The van der Waals surface area contributed by atoms with Crippen LogP contribution in [0.2, 0.25) is 0 Å². The first-order valence-electron chi connectivity index (χ1n) is 4.56. The summed E-state index contributed by atoms with van der Waals surface area (Å²) in [6.07, 6.45) is 10.9. The first-order valence-corrected chi connectivity index (χ1v) is 5.48. The van der Waals surface area contributed by atoms with E-state index in [9.17, 15) is 0 Å². The largest absolute Gasteiger partial charge is 0.0916 e. The van der Waals surface area contributed by atoms with Crippen LogP contribution in [0.5, 0.6) is 0 Å². The van der Waals surface area contributed by atoms with E-state index in [-0.39, 0.29) is 0 Å². The molecule has 0 aromatic heterocycles. The monoisotopic (exact) mass is 218 g/mol. The van der Waals surface area contributed by atoms with Crippen molar-refractivity contribution >= 4 is 15.9 Å². The Morgan fingerprint density at radius 2 is 2.09 bits per heavy atom. The summed E-state index contributed by atoms with van der Waals surface area (Å²) in [6.45, 7) is 4.32. The minimum atomic E-state index is 0.699. The zero-order chi connectivity index (χ0) is 8.53. The van der Waals surface area contributed by atoms with Gasteiger partial charge in [-0.3, -0.25) is 0 Å². The quantitative estimate of drug-likeness (QED) is 0.355. The molecule has 1 heteroatoms. The third-order valence-electron chi connectivity index (χ3n) is 1.75. The SMILES string of the molecule is CC=CCC(Br)CCCCC. The Bertz CT molecular complexity index is 97.0. The van der Waals surface area contributed by atoms with Gasteiger partial charge in [0.25, 0.3) is 0 Å². The highest BCUT2D eigenvalue weighted by Crippen LogP contribution is 2.14. The molecule has 0 aliphatic heterocycles. The van der Waals surface area contributed by atoms with Crippen LogP contribution in [0.1, 0.15) is 46.0 Å². The Morgan fingerprint density at radius 3 is 2.64 bits per heavy atom. The molecule has 0 N–H and O–H groups in total. The molecule has 0 fully saturated rings. The summed E-state index contributed by atoms with van der Waals surface area (Å²) in [6, 6.07) is 0. The number of hydrogen-bond acceptors (Lipinski definition) is 0.